The SMILES string of the molecule is O=C(CS)OCCn1c(=O)n(CCOC(=O)CS)c(=O)n(Cc2ccccc2)c1=O. The van der Waals surface area contributed by atoms with Gasteiger partial charge in [-0.15, -0.1) is 0 Å². The zero-order valence-corrected chi connectivity index (χ0v) is 17.7. The topological polar surface area (TPSA) is 119 Å². The fourth-order valence-electron chi connectivity index (χ4n) is 2.56. The van der Waals surface area contributed by atoms with Crippen LogP contribution in [0.3, 0.4) is 0 Å². The number of nitrogens with zero attached hydrogens (tertiary/aromatic N) is 3. The summed E-state index contributed by atoms with van der Waals surface area (Å²) in [5.41, 5.74) is -1.88. The van der Waals surface area contributed by atoms with Crippen molar-refractivity contribution in [2.45, 2.75) is 19.6 Å². The van der Waals surface area contributed by atoms with Gasteiger partial charge in [0.2, 0.25) is 0 Å². The van der Waals surface area contributed by atoms with Crippen LogP contribution >= 0.6 is 25.3 Å². The minimum Gasteiger partial charge on any atom is -0.463 e. The molecule has 0 amide bonds. The lowest BCUT2D eigenvalue weighted by atomic mass is 10.2. The Morgan fingerprint density at radius 3 is 1.60 bits per heavy atom. The van der Waals surface area contributed by atoms with Crippen molar-refractivity contribution in [3.8, 4) is 0 Å². The van der Waals surface area contributed by atoms with Gasteiger partial charge in [-0.05, 0) is 5.56 Å². The lowest BCUT2D eigenvalue weighted by Gasteiger charge is -2.14. The Labute approximate surface area is 181 Å². The van der Waals surface area contributed by atoms with Gasteiger partial charge in [-0.2, -0.15) is 25.3 Å². The van der Waals surface area contributed by atoms with E-state index in [0.29, 0.717) is 5.56 Å². The predicted octanol–water partition coefficient (Wildman–Crippen LogP) is -0.834. The van der Waals surface area contributed by atoms with Crippen LogP contribution in [0.2, 0.25) is 0 Å². The van der Waals surface area contributed by atoms with Crippen LogP contribution in [0.1, 0.15) is 5.56 Å². The van der Waals surface area contributed by atoms with Crippen LogP contribution in [0.4, 0.5) is 0 Å². The third-order valence-corrected chi connectivity index (χ3v) is 4.50. The molecule has 162 valence electrons. The first-order chi connectivity index (χ1) is 14.4. The number of carbonyl (C=O) groups excluding carboxylic acids is 2. The third-order valence-electron chi connectivity index (χ3n) is 3.98. The minimum absolute atomic E-state index is 0.0638. The van der Waals surface area contributed by atoms with E-state index in [0.717, 1.165) is 13.7 Å². The normalized spacial score (nSPS) is 10.6. The molecule has 2 rings (SSSR count). The summed E-state index contributed by atoms with van der Waals surface area (Å²) in [5, 5.41) is 0. The quantitative estimate of drug-likeness (QED) is 0.354. The summed E-state index contributed by atoms with van der Waals surface area (Å²) in [6.07, 6.45) is 0. The third kappa shape index (κ3) is 6.13. The summed E-state index contributed by atoms with van der Waals surface area (Å²) in [4.78, 5) is 60.8. The van der Waals surface area contributed by atoms with Gasteiger partial charge in [-0.25, -0.2) is 28.1 Å². The average Bonchev–Trinajstić information content (AvgIpc) is 2.76. The van der Waals surface area contributed by atoms with Gasteiger partial charge in [-0.1, -0.05) is 30.3 Å². The van der Waals surface area contributed by atoms with Crippen molar-refractivity contribution in [2.24, 2.45) is 0 Å². The molecule has 30 heavy (non-hydrogen) atoms. The zero-order valence-electron chi connectivity index (χ0n) is 15.9. The van der Waals surface area contributed by atoms with Gasteiger partial charge >= 0.3 is 29.0 Å². The van der Waals surface area contributed by atoms with Crippen molar-refractivity contribution in [3.05, 3.63) is 67.3 Å². The molecule has 10 nitrogen and oxygen atoms in total. The summed E-state index contributed by atoms with van der Waals surface area (Å²) >= 11 is 7.56. The lowest BCUT2D eigenvalue weighted by molar-refractivity contribution is -0.141. The first-order valence-corrected chi connectivity index (χ1v) is 10.2. The van der Waals surface area contributed by atoms with E-state index in [-0.39, 0.29) is 44.4 Å². The van der Waals surface area contributed by atoms with Crippen molar-refractivity contribution >= 4 is 37.2 Å². The van der Waals surface area contributed by atoms with E-state index in [2.05, 4.69) is 25.3 Å². The molecule has 0 fully saturated rings. The van der Waals surface area contributed by atoms with Crippen molar-refractivity contribution < 1.29 is 19.1 Å². The maximum absolute atomic E-state index is 12.8. The molecule has 0 atom stereocenters. The van der Waals surface area contributed by atoms with Gasteiger partial charge in [0.05, 0.1) is 31.1 Å². The lowest BCUT2D eigenvalue weighted by Crippen LogP contribution is -2.55. The Morgan fingerprint density at radius 1 is 0.733 bits per heavy atom. The predicted molar refractivity (Wildman–Crippen MR) is 114 cm³/mol. The molecule has 1 aromatic carbocycles. The fraction of sp³-hybridized carbons (Fsp3) is 0.389. The number of hydrogen-bond donors (Lipinski definition) is 2. The molecule has 0 unspecified atom stereocenters. The van der Waals surface area contributed by atoms with Crippen molar-refractivity contribution in [1.29, 1.82) is 0 Å². The number of hydrogen-bond acceptors (Lipinski definition) is 9. The molecule has 0 aliphatic heterocycles. The maximum Gasteiger partial charge on any atom is 0.336 e. The van der Waals surface area contributed by atoms with E-state index in [9.17, 15) is 24.0 Å². The Kier molecular flexibility index (Phi) is 8.99. The Hall–Kier alpha value is -2.73. The molecule has 0 aliphatic carbocycles. The number of benzene rings is 1. The molecule has 0 aliphatic rings. The molecule has 2 aromatic rings. The van der Waals surface area contributed by atoms with Gasteiger partial charge in [0.25, 0.3) is 0 Å². The van der Waals surface area contributed by atoms with Gasteiger partial charge in [0.15, 0.2) is 0 Å². The second-order valence-electron chi connectivity index (χ2n) is 5.98. The summed E-state index contributed by atoms with van der Waals surface area (Å²) in [7, 11) is 0. The van der Waals surface area contributed by atoms with Crippen molar-refractivity contribution in [3.63, 3.8) is 0 Å². The van der Waals surface area contributed by atoms with Crippen LogP contribution in [0.15, 0.2) is 44.7 Å². The molecule has 12 heteroatoms. The van der Waals surface area contributed by atoms with Gasteiger partial charge in [-0.3, -0.25) is 9.59 Å². The van der Waals surface area contributed by atoms with Gasteiger partial charge in [0.1, 0.15) is 13.2 Å². The molecule has 1 aromatic heterocycles. The first kappa shape index (κ1) is 23.5. The standard InChI is InChI=1S/C18H21N3O7S2/c22-14(11-29)27-8-6-19-16(24)20(7-9-28-15(23)12-30)18(26)21(17(19)25)10-13-4-2-1-3-5-13/h1-5,29-30H,6-12H2. The molecule has 0 spiro atoms. The largest absolute Gasteiger partial charge is 0.463 e. The van der Waals surface area contributed by atoms with E-state index in [1.165, 1.54) is 0 Å². The number of ether oxygens (including phenoxy) is 2. The molecule has 0 saturated heterocycles. The highest BCUT2D eigenvalue weighted by Gasteiger charge is 2.16. The van der Waals surface area contributed by atoms with Gasteiger partial charge in [0, 0.05) is 0 Å². The van der Waals surface area contributed by atoms with E-state index < -0.39 is 29.0 Å². The van der Waals surface area contributed by atoms with Crippen LogP contribution in [-0.2, 0) is 38.7 Å². The molecule has 1 heterocycles. The van der Waals surface area contributed by atoms with E-state index in [4.69, 9.17) is 9.47 Å². The molecule has 0 bridgehead atoms. The summed E-state index contributed by atoms with van der Waals surface area (Å²) < 4.78 is 12.2. The number of esters is 2. The molecule has 0 radical (unpaired) electrons. The van der Waals surface area contributed by atoms with Crippen molar-refractivity contribution in [1.82, 2.24) is 13.7 Å². The maximum atomic E-state index is 12.8. The average molecular weight is 456 g/mol. The Bertz CT molecular complexity index is 1000. The zero-order chi connectivity index (χ0) is 22.1. The highest BCUT2D eigenvalue weighted by Crippen LogP contribution is 1.98. The van der Waals surface area contributed by atoms with Crippen LogP contribution in [-0.4, -0.2) is 50.4 Å². The van der Waals surface area contributed by atoms with Crippen molar-refractivity contribution in [2.75, 3.05) is 24.7 Å². The minimum atomic E-state index is -0.891. The number of rotatable bonds is 10. The number of carbonyl (C=O) groups is 2. The second kappa shape index (κ2) is 11.5. The first-order valence-electron chi connectivity index (χ1n) is 8.90. The molecular formula is C18H21N3O7S2. The summed E-state index contributed by atoms with van der Waals surface area (Å²) in [6.45, 7) is -1.05. The summed E-state index contributed by atoms with van der Waals surface area (Å²) in [6, 6.07) is 8.76. The van der Waals surface area contributed by atoms with Crippen LogP contribution in [0, 0.1) is 0 Å². The molecule has 0 N–H and O–H groups in total. The highest BCUT2D eigenvalue weighted by atomic mass is 32.1. The highest BCUT2D eigenvalue weighted by molar-refractivity contribution is 7.81. The Morgan fingerprint density at radius 2 is 1.17 bits per heavy atom. The second-order valence-corrected chi connectivity index (χ2v) is 6.61. The van der Waals surface area contributed by atoms with E-state index in [1.807, 2.05) is 0 Å². The molecule has 0 saturated carbocycles. The fourth-order valence-corrected chi connectivity index (χ4v) is 2.74. The van der Waals surface area contributed by atoms with Crippen LogP contribution in [0.25, 0.3) is 0 Å². The van der Waals surface area contributed by atoms with E-state index >= 15 is 0 Å². The Balaban J connectivity index is 2.42. The van der Waals surface area contributed by atoms with Gasteiger partial charge < -0.3 is 9.47 Å². The monoisotopic (exact) mass is 455 g/mol. The van der Waals surface area contributed by atoms with E-state index in [1.54, 1.807) is 30.3 Å². The smallest absolute Gasteiger partial charge is 0.336 e. The van der Waals surface area contributed by atoms with Crippen LogP contribution < -0.4 is 17.1 Å². The summed E-state index contributed by atoms with van der Waals surface area (Å²) in [5.74, 6) is -1.52. The number of aromatic nitrogens is 3. The number of thiol groups is 2. The molecular weight excluding hydrogens is 434 g/mol. The van der Waals surface area contributed by atoms with Crippen LogP contribution in [0.5, 0.6) is 0 Å².